The van der Waals surface area contributed by atoms with Crippen LogP contribution >= 0.6 is 11.3 Å². The number of aromatic nitrogens is 4. The second-order valence-corrected chi connectivity index (χ2v) is 8.45. The van der Waals surface area contributed by atoms with Gasteiger partial charge in [0.2, 0.25) is 4.96 Å². The third kappa shape index (κ3) is 3.82. The average Bonchev–Trinajstić information content (AvgIpc) is 3.56. The predicted octanol–water partition coefficient (Wildman–Crippen LogP) is 5.14. The van der Waals surface area contributed by atoms with Crippen molar-refractivity contribution in [2.75, 3.05) is 5.32 Å². The Labute approximate surface area is 197 Å². The molecule has 0 bridgehead atoms. The van der Waals surface area contributed by atoms with Crippen molar-refractivity contribution in [3.8, 4) is 21.9 Å². The molecule has 0 fully saturated rings. The van der Waals surface area contributed by atoms with Crippen LogP contribution in [0.15, 0.2) is 59.0 Å². The number of carbonyl (C=O) groups is 1. The Balaban J connectivity index is 1.41. The van der Waals surface area contributed by atoms with E-state index in [0.717, 1.165) is 28.4 Å². The summed E-state index contributed by atoms with van der Waals surface area (Å²) in [4.78, 5) is 24.4. The van der Waals surface area contributed by atoms with E-state index in [-0.39, 0.29) is 17.2 Å². The number of aryl methyl sites for hydroxylation is 2. The molecule has 0 saturated carbocycles. The maximum absolute atomic E-state index is 12.9. The number of benzene rings is 2. The zero-order valence-electron chi connectivity index (χ0n) is 18.2. The number of furan rings is 1. The normalized spacial score (nSPS) is 11.1. The molecule has 3 heterocycles. The van der Waals surface area contributed by atoms with E-state index < -0.39 is 10.8 Å². The molecule has 5 rings (SSSR count). The molecule has 0 atom stereocenters. The van der Waals surface area contributed by atoms with E-state index >= 15 is 0 Å². The van der Waals surface area contributed by atoms with Crippen LogP contribution in [0.4, 0.5) is 11.4 Å². The number of anilines is 1. The number of hydrogen-bond acceptors (Lipinski definition) is 8. The van der Waals surface area contributed by atoms with Gasteiger partial charge in [-0.15, -0.1) is 10.2 Å². The third-order valence-electron chi connectivity index (χ3n) is 5.30. The quantitative estimate of drug-likeness (QED) is 0.266. The number of hydrogen-bond donors (Lipinski definition) is 1. The van der Waals surface area contributed by atoms with Gasteiger partial charge < -0.3 is 9.73 Å². The lowest BCUT2D eigenvalue weighted by atomic mass is 10.1. The Hall–Kier alpha value is -4.38. The summed E-state index contributed by atoms with van der Waals surface area (Å²) >= 11 is 1.41. The fraction of sp³-hybridized carbons (Fsp3) is 0.130. The number of rotatable bonds is 6. The zero-order valence-corrected chi connectivity index (χ0v) is 19.0. The molecular formula is C23H18N6O4S. The van der Waals surface area contributed by atoms with Crippen molar-refractivity contribution in [3.63, 3.8) is 0 Å². The summed E-state index contributed by atoms with van der Waals surface area (Å²) in [6.45, 7) is 3.87. The molecule has 5 aromatic rings. The number of para-hydroxylation sites is 1. The molecule has 2 aromatic carbocycles. The highest BCUT2D eigenvalue weighted by Gasteiger charge is 2.20. The maximum Gasteiger partial charge on any atom is 0.291 e. The van der Waals surface area contributed by atoms with Gasteiger partial charge in [0.1, 0.15) is 10.8 Å². The van der Waals surface area contributed by atoms with Crippen LogP contribution in [0.2, 0.25) is 0 Å². The molecule has 170 valence electrons. The number of nitro groups is 1. The van der Waals surface area contributed by atoms with E-state index in [1.807, 2.05) is 32.0 Å². The Bertz CT molecular complexity index is 1550. The van der Waals surface area contributed by atoms with Gasteiger partial charge in [0.25, 0.3) is 11.6 Å². The fourth-order valence-corrected chi connectivity index (χ4v) is 4.37. The van der Waals surface area contributed by atoms with Crippen LogP contribution in [0.5, 0.6) is 0 Å². The number of nitrogens with one attached hydrogen (secondary N) is 1. The molecular weight excluding hydrogens is 456 g/mol. The monoisotopic (exact) mass is 474 g/mol. The van der Waals surface area contributed by atoms with Gasteiger partial charge in [0.15, 0.2) is 11.6 Å². The summed E-state index contributed by atoms with van der Waals surface area (Å²) in [5.74, 6) is 0.612. The first-order valence-electron chi connectivity index (χ1n) is 10.4. The lowest BCUT2D eigenvalue weighted by Crippen LogP contribution is -2.12. The average molecular weight is 475 g/mol. The Kier molecular flexibility index (Phi) is 5.38. The van der Waals surface area contributed by atoms with Crippen LogP contribution in [0.3, 0.4) is 0 Å². The standard InChI is InChI=1S/C23H18N6O4S/c1-3-20-25-26-23-28(20)27-22(34-23)14-9-8-13(2)16(12-14)24-21(30)19-11-10-18(33-19)15-6-4-5-7-17(15)29(31)32/h4-12H,3H2,1-2H3,(H,24,30). The SMILES string of the molecule is CCc1nnc2sc(-c3ccc(C)c(NC(=O)c4ccc(-c5ccccc5[N+](=O)[O-])o4)c3)nn12. The lowest BCUT2D eigenvalue weighted by Gasteiger charge is -2.08. The Morgan fingerprint density at radius 2 is 2.00 bits per heavy atom. The minimum Gasteiger partial charge on any atom is -0.451 e. The highest BCUT2D eigenvalue weighted by atomic mass is 32.1. The second-order valence-electron chi connectivity index (χ2n) is 7.49. The highest BCUT2D eigenvalue weighted by molar-refractivity contribution is 7.19. The van der Waals surface area contributed by atoms with Gasteiger partial charge in [-0.1, -0.05) is 42.5 Å². The summed E-state index contributed by atoms with van der Waals surface area (Å²) in [6.07, 6.45) is 0.719. The molecule has 1 N–H and O–H groups in total. The minimum atomic E-state index is -0.484. The summed E-state index contributed by atoms with van der Waals surface area (Å²) < 4.78 is 7.39. The van der Waals surface area contributed by atoms with Crippen LogP contribution in [0, 0.1) is 17.0 Å². The van der Waals surface area contributed by atoms with E-state index in [9.17, 15) is 14.9 Å². The molecule has 10 nitrogen and oxygen atoms in total. The Morgan fingerprint density at radius 3 is 2.79 bits per heavy atom. The number of amides is 1. The molecule has 3 aromatic heterocycles. The predicted molar refractivity (Wildman–Crippen MR) is 127 cm³/mol. The van der Waals surface area contributed by atoms with E-state index in [4.69, 9.17) is 4.42 Å². The van der Waals surface area contributed by atoms with E-state index in [1.165, 1.54) is 23.5 Å². The summed E-state index contributed by atoms with van der Waals surface area (Å²) in [7, 11) is 0. The van der Waals surface area contributed by atoms with Crippen molar-refractivity contribution in [1.29, 1.82) is 0 Å². The number of nitro benzene ring substituents is 1. The highest BCUT2D eigenvalue weighted by Crippen LogP contribution is 2.32. The van der Waals surface area contributed by atoms with Crippen molar-refractivity contribution in [2.45, 2.75) is 20.3 Å². The molecule has 0 radical (unpaired) electrons. The van der Waals surface area contributed by atoms with Crippen LogP contribution in [0.25, 0.3) is 26.9 Å². The number of fused-ring (bicyclic) bond motifs is 1. The van der Waals surface area contributed by atoms with Crippen LogP contribution < -0.4 is 5.32 Å². The topological polar surface area (TPSA) is 128 Å². The van der Waals surface area contributed by atoms with E-state index in [0.29, 0.717) is 16.2 Å². The van der Waals surface area contributed by atoms with Gasteiger partial charge in [-0.05, 0) is 36.8 Å². The molecule has 0 unspecified atom stereocenters. The van der Waals surface area contributed by atoms with Crippen LogP contribution in [-0.2, 0) is 6.42 Å². The van der Waals surface area contributed by atoms with Crippen molar-refractivity contribution >= 4 is 33.6 Å². The smallest absolute Gasteiger partial charge is 0.291 e. The summed E-state index contributed by atoms with van der Waals surface area (Å²) in [5.41, 5.74) is 2.51. The maximum atomic E-state index is 12.9. The van der Waals surface area contributed by atoms with Crippen LogP contribution in [-0.4, -0.2) is 30.6 Å². The first-order valence-corrected chi connectivity index (χ1v) is 11.2. The first kappa shape index (κ1) is 21.5. The number of carbonyl (C=O) groups excluding carboxylic acids is 1. The summed E-state index contributed by atoms with van der Waals surface area (Å²) in [5, 5.41) is 27.8. The molecule has 1 amide bonds. The van der Waals surface area contributed by atoms with Gasteiger partial charge in [-0.2, -0.15) is 9.61 Å². The molecule has 34 heavy (non-hydrogen) atoms. The van der Waals surface area contributed by atoms with Gasteiger partial charge in [-0.3, -0.25) is 14.9 Å². The van der Waals surface area contributed by atoms with Crippen molar-refractivity contribution in [2.24, 2.45) is 0 Å². The molecule has 0 aliphatic heterocycles. The van der Waals surface area contributed by atoms with Gasteiger partial charge in [-0.25, -0.2) is 0 Å². The van der Waals surface area contributed by atoms with Crippen LogP contribution in [0.1, 0.15) is 28.9 Å². The second kappa shape index (κ2) is 8.52. The van der Waals surface area contributed by atoms with Gasteiger partial charge in [0.05, 0.1) is 10.5 Å². The fourth-order valence-electron chi connectivity index (χ4n) is 3.51. The van der Waals surface area contributed by atoms with Crippen molar-refractivity contribution < 1.29 is 14.1 Å². The molecule has 0 spiro atoms. The number of nitrogens with zero attached hydrogens (tertiary/aromatic N) is 5. The zero-order chi connectivity index (χ0) is 23.8. The van der Waals surface area contributed by atoms with E-state index in [1.54, 1.807) is 28.8 Å². The lowest BCUT2D eigenvalue weighted by molar-refractivity contribution is -0.384. The van der Waals surface area contributed by atoms with Gasteiger partial charge in [0, 0.05) is 23.7 Å². The summed E-state index contributed by atoms with van der Waals surface area (Å²) in [6, 6.07) is 14.9. The molecule has 0 aliphatic rings. The van der Waals surface area contributed by atoms with Gasteiger partial charge >= 0.3 is 0 Å². The molecule has 0 saturated heterocycles. The largest absolute Gasteiger partial charge is 0.451 e. The first-order chi connectivity index (χ1) is 16.4. The Morgan fingerprint density at radius 1 is 1.18 bits per heavy atom. The minimum absolute atomic E-state index is 0.0457. The van der Waals surface area contributed by atoms with Crippen molar-refractivity contribution in [3.05, 3.63) is 81.9 Å². The molecule has 11 heteroatoms. The van der Waals surface area contributed by atoms with E-state index in [2.05, 4.69) is 20.6 Å². The molecule has 0 aliphatic carbocycles. The van der Waals surface area contributed by atoms with Crippen molar-refractivity contribution in [1.82, 2.24) is 19.8 Å². The third-order valence-corrected chi connectivity index (χ3v) is 6.25.